The second-order valence-electron chi connectivity index (χ2n) is 4.12. The van der Waals surface area contributed by atoms with E-state index >= 15 is 0 Å². The molecule has 0 atom stereocenters. The van der Waals surface area contributed by atoms with Crippen molar-refractivity contribution in [3.8, 4) is 11.5 Å². The Morgan fingerprint density at radius 2 is 1.52 bits per heavy atom. The van der Waals surface area contributed by atoms with Gasteiger partial charge in [0.05, 0.1) is 14.2 Å². The van der Waals surface area contributed by atoms with Crippen molar-refractivity contribution in [3.05, 3.63) is 46.0 Å². The molecule has 0 saturated carbocycles. The summed E-state index contributed by atoms with van der Waals surface area (Å²) in [6.07, 6.45) is 0. The molecule has 2 amide bonds. The molecule has 0 bridgehead atoms. The lowest BCUT2D eigenvalue weighted by Crippen LogP contribution is -2.20. The molecule has 2 N–H and O–H groups in total. The van der Waals surface area contributed by atoms with E-state index in [0.29, 0.717) is 22.9 Å². The van der Waals surface area contributed by atoms with Gasteiger partial charge in [-0.1, -0.05) is 6.07 Å². The molecular formula is C15H15IN2O3. The Balaban J connectivity index is 2.14. The van der Waals surface area contributed by atoms with Crippen LogP contribution in [0.4, 0.5) is 16.2 Å². The van der Waals surface area contributed by atoms with E-state index in [1.165, 1.54) is 14.2 Å². The van der Waals surface area contributed by atoms with Crippen LogP contribution in [-0.2, 0) is 0 Å². The molecule has 110 valence electrons. The Bertz CT molecular complexity index is 607. The minimum atomic E-state index is -0.362. The second kappa shape index (κ2) is 7.16. The molecule has 0 aliphatic heterocycles. The van der Waals surface area contributed by atoms with Crippen LogP contribution in [0.1, 0.15) is 0 Å². The van der Waals surface area contributed by atoms with Crippen LogP contribution in [0, 0.1) is 3.57 Å². The topological polar surface area (TPSA) is 59.6 Å². The normalized spacial score (nSPS) is 9.86. The number of carbonyl (C=O) groups excluding carboxylic acids is 1. The van der Waals surface area contributed by atoms with Gasteiger partial charge in [0.15, 0.2) is 0 Å². The highest BCUT2D eigenvalue weighted by Gasteiger charge is 2.13. The molecule has 0 aliphatic rings. The molecule has 0 fully saturated rings. The number of carbonyl (C=O) groups is 1. The van der Waals surface area contributed by atoms with Crippen LogP contribution in [-0.4, -0.2) is 20.3 Å². The molecule has 0 heterocycles. The maximum atomic E-state index is 12.1. The number of rotatable bonds is 4. The molecule has 2 aromatic rings. The van der Waals surface area contributed by atoms with Gasteiger partial charge in [-0.15, -0.1) is 0 Å². The van der Waals surface area contributed by atoms with Crippen molar-refractivity contribution in [3.63, 3.8) is 0 Å². The molecule has 21 heavy (non-hydrogen) atoms. The highest BCUT2D eigenvalue weighted by Crippen LogP contribution is 2.34. The number of benzene rings is 2. The molecular weight excluding hydrogens is 383 g/mol. The molecule has 5 nitrogen and oxygen atoms in total. The van der Waals surface area contributed by atoms with Crippen LogP contribution >= 0.6 is 22.6 Å². The first-order valence-corrected chi connectivity index (χ1v) is 7.26. The predicted molar refractivity (Wildman–Crippen MR) is 91.3 cm³/mol. The molecule has 0 saturated heterocycles. The highest BCUT2D eigenvalue weighted by molar-refractivity contribution is 14.1. The third-order valence-corrected chi connectivity index (χ3v) is 3.49. The van der Waals surface area contributed by atoms with E-state index in [2.05, 4.69) is 33.2 Å². The summed E-state index contributed by atoms with van der Waals surface area (Å²) in [4.78, 5) is 12.1. The van der Waals surface area contributed by atoms with Gasteiger partial charge in [-0.05, 0) is 59.0 Å². The number of methoxy groups -OCH3 is 2. The summed E-state index contributed by atoms with van der Waals surface area (Å²) in [5, 5.41) is 5.50. The Kier molecular flexibility index (Phi) is 5.26. The van der Waals surface area contributed by atoms with Crippen LogP contribution in [0.2, 0.25) is 0 Å². The first-order valence-electron chi connectivity index (χ1n) is 6.18. The molecule has 2 aromatic carbocycles. The average Bonchev–Trinajstić information content (AvgIpc) is 2.49. The Labute approximate surface area is 136 Å². The van der Waals surface area contributed by atoms with E-state index in [-0.39, 0.29) is 6.03 Å². The fourth-order valence-electron chi connectivity index (χ4n) is 1.78. The lowest BCUT2D eigenvalue weighted by Gasteiger charge is -2.14. The number of ether oxygens (including phenoxy) is 2. The Hall–Kier alpha value is -1.96. The number of nitrogens with one attached hydrogen (secondary N) is 2. The zero-order chi connectivity index (χ0) is 15.2. The third kappa shape index (κ3) is 4.01. The van der Waals surface area contributed by atoms with Crippen molar-refractivity contribution >= 4 is 40.0 Å². The molecule has 0 unspecified atom stereocenters. The van der Waals surface area contributed by atoms with Gasteiger partial charge in [0.1, 0.15) is 17.2 Å². The van der Waals surface area contributed by atoms with Gasteiger partial charge in [0.25, 0.3) is 0 Å². The zero-order valence-electron chi connectivity index (χ0n) is 11.6. The van der Waals surface area contributed by atoms with Gasteiger partial charge in [-0.25, -0.2) is 4.79 Å². The first-order chi connectivity index (χ1) is 10.1. The molecule has 0 spiro atoms. The van der Waals surface area contributed by atoms with Crippen molar-refractivity contribution in [2.75, 3.05) is 24.9 Å². The van der Waals surface area contributed by atoms with E-state index in [0.717, 1.165) is 3.57 Å². The molecule has 6 heteroatoms. The number of urea groups is 1. The van der Waals surface area contributed by atoms with E-state index < -0.39 is 0 Å². The summed E-state index contributed by atoms with van der Waals surface area (Å²) >= 11 is 2.21. The second-order valence-corrected chi connectivity index (χ2v) is 5.37. The molecule has 0 aliphatic carbocycles. The van der Waals surface area contributed by atoms with Gasteiger partial charge in [0.2, 0.25) is 0 Å². The van der Waals surface area contributed by atoms with Crippen LogP contribution in [0.3, 0.4) is 0 Å². The summed E-state index contributed by atoms with van der Waals surface area (Å²) in [6.45, 7) is 0. The summed E-state index contributed by atoms with van der Waals surface area (Å²) in [5.41, 5.74) is 1.20. The number of hydrogen-bond acceptors (Lipinski definition) is 3. The highest BCUT2D eigenvalue weighted by atomic mass is 127. The minimum Gasteiger partial charge on any atom is -0.494 e. The van der Waals surface area contributed by atoms with Crippen LogP contribution < -0.4 is 20.1 Å². The fourth-order valence-corrected chi connectivity index (χ4v) is 2.14. The largest absolute Gasteiger partial charge is 0.494 e. The number of anilines is 2. The Morgan fingerprint density at radius 1 is 0.952 bits per heavy atom. The lowest BCUT2D eigenvalue weighted by molar-refractivity contribution is 0.262. The SMILES string of the molecule is COc1cccc(OC)c1NC(=O)Nc1ccc(I)cc1. The fraction of sp³-hybridized carbons (Fsp3) is 0.133. The van der Waals surface area contributed by atoms with E-state index in [1.54, 1.807) is 18.2 Å². The van der Waals surface area contributed by atoms with Gasteiger partial charge in [0, 0.05) is 9.26 Å². The van der Waals surface area contributed by atoms with Gasteiger partial charge >= 0.3 is 6.03 Å². The van der Waals surface area contributed by atoms with E-state index in [9.17, 15) is 4.79 Å². The van der Waals surface area contributed by atoms with Crippen molar-refractivity contribution in [1.82, 2.24) is 0 Å². The van der Waals surface area contributed by atoms with Gasteiger partial charge < -0.3 is 20.1 Å². The summed E-state index contributed by atoms with van der Waals surface area (Å²) in [6, 6.07) is 12.4. The smallest absolute Gasteiger partial charge is 0.323 e. The molecule has 2 rings (SSSR count). The first kappa shape index (κ1) is 15.4. The number of para-hydroxylation sites is 1. The van der Waals surface area contributed by atoms with Crippen molar-refractivity contribution in [1.29, 1.82) is 0 Å². The summed E-state index contributed by atoms with van der Waals surface area (Å²) in [7, 11) is 3.08. The van der Waals surface area contributed by atoms with Crippen LogP contribution in [0.15, 0.2) is 42.5 Å². The monoisotopic (exact) mass is 398 g/mol. The maximum absolute atomic E-state index is 12.1. The van der Waals surface area contributed by atoms with Crippen molar-refractivity contribution < 1.29 is 14.3 Å². The minimum absolute atomic E-state index is 0.362. The summed E-state index contributed by atoms with van der Waals surface area (Å²) in [5.74, 6) is 1.07. The number of hydrogen-bond donors (Lipinski definition) is 2. The van der Waals surface area contributed by atoms with Crippen LogP contribution in [0.5, 0.6) is 11.5 Å². The van der Waals surface area contributed by atoms with Crippen molar-refractivity contribution in [2.24, 2.45) is 0 Å². The van der Waals surface area contributed by atoms with E-state index in [1.807, 2.05) is 24.3 Å². The lowest BCUT2D eigenvalue weighted by atomic mass is 10.2. The number of halogens is 1. The van der Waals surface area contributed by atoms with Gasteiger partial charge in [-0.3, -0.25) is 0 Å². The van der Waals surface area contributed by atoms with Crippen molar-refractivity contribution in [2.45, 2.75) is 0 Å². The number of amides is 2. The predicted octanol–water partition coefficient (Wildman–Crippen LogP) is 3.95. The standard InChI is InChI=1S/C15H15IN2O3/c1-20-12-4-3-5-13(21-2)14(12)18-15(19)17-11-8-6-10(16)7-9-11/h3-9H,1-2H3,(H2,17,18,19). The maximum Gasteiger partial charge on any atom is 0.323 e. The summed E-state index contributed by atoms with van der Waals surface area (Å²) < 4.78 is 11.6. The quantitative estimate of drug-likeness (QED) is 0.767. The van der Waals surface area contributed by atoms with E-state index in [4.69, 9.17) is 9.47 Å². The average molecular weight is 398 g/mol. The van der Waals surface area contributed by atoms with Crippen LogP contribution in [0.25, 0.3) is 0 Å². The third-order valence-electron chi connectivity index (χ3n) is 2.77. The Morgan fingerprint density at radius 3 is 2.05 bits per heavy atom. The zero-order valence-corrected chi connectivity index (χ0v) is 13.8. The van der Waals surface area contributed by atoms with Gasteiger partial charge in [-0.2, -0.15) is 0 Å². The molecule has 0 radical (unpaired) electrons. The molecule has 0 aromatic heterocycles.